The Balaban J connectivity index is 1.39. The highest BCUT2D eigenvalue weighted by atomic mass is 32.1. The van der Waals surface area contributed by atoms with Gasteiger partial charge in [0.1, 0.15) is 0 Å². The zero-order valence-corrected chi connectivity index (χ0v) is 20.7. The summed E-state index contributed by atoms with van der Waals surface area (Å²) >= 11 is 1.87. The summed E-state index contributed by atoms with van der Waals surface area (Å²) in [5.41, 5.74) is 4.14. The topological polar surface area (TPSA) is 25.8 Å². The third kappa shape index (κ3) is 3.18. The minimum absolute atomic E-state index is 0.958. The van der Waals surface area contributed by atoms with Crippen molar-refractivity contribution in [2.75, 3.05) is 0 Å². The van der Waals surface area contributed by atoms with E-state index in [0.29, 0.717) is 0 Å². The first-order valence-electron chi connectivity index (χ1n) is 12.4. The molecule has 0 aliphatic heterocycles. The molecule has 3 aromatic heterocycles. The number of benzene rings is 5. The fraction of sp³-hybridized carbons (Fsp3) is 0. The molecule has 5 aromatic carbocycles. The van der Waals surface area contributed by atoms with E-state index < -0.39 is 0 Å². The van der Waals surface area contributed by atoms with Crippen LogP contribution in [0.1, 0.15) is 0 Å². The van der Waals surface area contributed by atoms with Crippen LogP contribution in [0, 0.1) is 0 Å². The molecule has 0 aliphatic rings. The van der Waals surface area contributed by atoms with Crippen LogP contribution >= 0.6 is 11.3 Å². The fourth-order valence-corrected chi connectivity index (χ4v) is 6.72. The van der Waals surface area contributed by atoms with Gasteiger partial charge in [0, 0.05) is 43.7 Å². The second-order valence-electron chi connectivity index (χ2n) is 9.44. The number of rotatable bonds is 2. The predicted octanol–water partition coefficient (Wildman–Crippen LogP) is 9.64. The van der Waals surface area contributed by atoms with Crippen molar-refractivity contribution in [3.63, 3.8) is 0 Å². The predicted molar refractivity (Wildman–Crippen MR) is 158 cm³/mol. The highest BCUT2D eigenvalue weighted by Gasteiger charge is 2.13. The Morgan fingerprint density at radius 2 is 1.00 bits per heavy atom. The largest absolute Gasteiger partial charge is 0.265 e. The number of aromatic nitrogens is 2. The Bertz CT molecular complexity index is 2140. The first-order valence-corrected chi connectivity index (χ1v) is 13.2. The van der Waals surface area contributed by atoms with Crippen LogP contribution in [0.2, 0.25) is 0 Å². The standard InChI is InChI=1S/C34H20N2S/c1-3-8-25-23(6-1)24-7-2-4-9-26(24)28-20-34-30(19-27(25)28)29-18-22(12-13-33(29)37-34)32-11-5-10-31(36-32)21-14-16-35-17-15-21/h1-20H. The molecule has 0 saturated carbocycles. The number of nitrogens with zero attached hydrogens (tertiary/aromatic N) is 2. The number of pyridine rings is 2. The molecule has 0 unspecified atom stereocenters. The molecule has 3 heteroatoms. The van der Waals surface area contributed by atoms with Crippen LogP contribution in [0.4, 0.5) is 0 Å². The summed E-state index contributed by atoms with van der Waals surface area (Å²) in [6.45, 7) is 0. The molecule has 0 bridgehead atoms. The van der Waals surface area contributed by atoms with Crippen molar-refractivity contribution in [1.29, 1.82) is 0 Å². The van der Waals surface area contributed by atoms with Gasteiger partial charge in [-0.25, -0.2) is 4.98 Å². The van der Waals surface area contributed by atoms with Gasteiger partial charge in [0.15, 0.2) is 0 Å². The summed E-state index contributed by atoms with van der Waals surface area (Å²) in [4.78, 5) is 9.12. The van der Waals surface area contributed by atoms with Gasteiger partial charge in [0.05, 0.1) is 11.4 Å². The van der Waals surface area contributed by atoms with Crippen LogP contribution in [0.25, 0.3) is 75.0 Å². The van der Waals surface area contributed by atoms with Crippen molar-refractivity contribution in [2.24, 2.45) is 0 Å². The third-order valence-electron chi connectivity index (χ3n) is 7.35. The summed E-state index contributed by atoms with van der Waals surface area (Å²) in [5.74, 6) is 0. The van der Waals surface area contributed by atoms with Crippen LogP contribution in [-0.2, 0) is 0 Å². The monoisotopic (exact) mass is 488 g/mol. The van der Waals surface area contributed by atoms with E-state index in [2.05, 4.69) is 102 Å². The van der Waals surface area contributed by atoms with E-state index in [4.69, 9.17) is 4.98 Å². The Morgan fingerprint density at radius 1 is 0.405 bits per heavy atom. The van der Waals surface area contributed by atoms with Gasteiger partial charge in [-0.1, -0.05) is 60.7 Å². The third-order valence-corrected chi connectivity index (χ3v) is 8.49. The number of hydrogen-bond donors (Lipinski definition) is 0. The van der Waals surface area contributed by atoms with Crippen LogP contribution in [0.15, 0.2) is 122 Å². The van der Waals surface area contributed by atoms with E-state index in [1.807, 2.05) is 35.9 Å². The van der Waals surface area contributed by atoms with Gasteiger partial charge in [-0.2, -0.15) is 0 Å². The van der Waals surface area contributed by atoms with Gasteiger partial charge in [0.25, 0.3) is 0 Å². The van der Waals surface area contributed by atoms with E-state index in [1.54, 1.807) is 0 Å². The van der Waals surface area contributed by atoms with E-state index in [9.17, 15) is 0 Å². The Hall–Kier alpha value is -4.60. The number of thiophene rings is 1. The van der Waals surface area contributed by atoms with Crippen molar-refractivity contribution in [3.05, 3.63) is 122 Å². The fourth-order valence-electron chi connectivity index (χ4n) is 5.61. The van der Waals surface area contributed by atoms with Crippen molar-refractivity contribution in [2.45, 2.75) is 0 Å². The highest BCUT2D eigenvalue weighted by molar-refractivity contribution is 7.25. The molecule has 0 N–H and O–H groups in total. The molecule has 0 saturated heterocycles. The zero-order chi connectivity index (χ0) is 24.3. The van der Waals surface area contributed by atoms with Crippen molar-refractivity contribution >= 4 is 63.8 Å². The molecule has 8 aromatic rings. The van der Waals surface area contributed by atoms with Crippen LogP contribution in [0.5, 0.6) is 0 Å². The Labute approximate surface area is 217 Å². The summed E-state index contributed by atoms with van der Waals surface area (Å²) in [7, 11) is 0. The molecule has 0 atom stereocenters. The molecule has 172 valence electrons. The minimum Gasteiger partial charge on any atom is -0.265 e. The quantitative estimate of drug-likeness (QED) is 0.226. The number of fused-ring (bicyclic) bond motifs is 9. The van der Waals surface area contributed by atoms with Gasteiger partial charge in [-0.3, -0.25) is 4.98 Å². The second-order valence-corrected chi connectivity index (χ2v) is 10.5. The van der Waals surface area contributed by atoms with Gasteiger partial charge in [0.2, 0.25) is 0 Å². The molecule has 3 heterocycles. The van der Waals surface area contributed by atoms with Crippen LogP contribution < -0.4 is 0 Å². The molecule has 0 spiro atoms. The molecule has 8 rings (SSSR count). The summed E-state index contributed by atoms with van der Waals surface area (Å²) in [5, 5.41) is 10.5. The first-order chi connectivity index (χ1) is 18.3. The lowest BCUT2D eigenvalue weighted by Gasteiger charge is -2.10. The van der Waals surface area contributed by atoms with Gasteiger partial charge >= 0.3 is 0 Å². The maximum Gasteiger partial charge on any atom is 0.0710 e. The molecule has 0 amide bonds. The van der Waals surface area contributed by atoms with Crippen LogP contribution in [-0.4, -0.2) is 9.97 Å². The average molecular weight is 489 g/mol. The molecule has 2 nitrogen and oxygen atoms in total. The smallest absolute Gasteiger partial charge is 0.0710 e. The molecule has 0 aliphatic carbocycles. The maximum atomic E-state index is 4.99. The highest BCUT2D eigenvalue weighted by Crippen LogP contribution is 2.42. The molecule has 0 radical (unpaired) electrons. The van der Waals surface area contributed by atoms with Gasteiger partial charge in [-0.15, -0.1) is 11.3 Å². The maximum absolute atomic E-state index is 4.99. The molecular formula is C34H20N2S. The average Bonchev–Trinajstić information content (AvgIpc) is 3.34. The molecule has 37 heavy (non-hydrogen) atoms. The molecule has 0 fully saturated rings. The Morgan fingerprint density at radius 3 is 1.70 bits per heavy atom. The second kappa shape index (κ2) is 7.95. The normalized spacial score (nSPS) is 11.8. The van der Waals surface area contributed by atoms with Gasteiger partial charge < -0.3 is 0 Å². The Kier molecular flexibility index (Phi) is 4.42. The van der Waals surface area contributed by atoms with Crippen LogP contribution in [0.3, 0.4) is 0 Å². The van der Waals surface area contributed by atoms with E-state index in [-0.39, 0.29) is 0 Å². The van der Waals surface area contributed by atoms with E-state index in [0.717, 1.165) is 22.5 Å². The summed E-state index contributed by atoms with van der Waals surface area (Å²) in [6.07, 6.45) is 3.62. The molecular weight excluding hydrogens is 468 g/mol. The first kappa shape index (κ1) is 20.6. The SMILES string of the molecule is c1cc(-c2ccncc2)nc(-c2ccc3sc4cc5c6ccccc6c6ccccc6c5cc4c3c2)c1. The van der Waals surface area contributed by atoms with Crippen molar-refractivity contribution in [3.8, 4) is 22.5 Å². The summed E-state index contributed by atoms with van der Waals surface area (Å²) in [6, 6.07) is 39.3. The lowest BCUT2D eigenvalue weighted by atomic mass is 9.93. The lowest BCUT2D eigenvalue weighted by molar-refractivity contribution is 1.29. The zero-order valence-electron chi connectivity index (χ0n) is 19.8. The minimum atomic E-state index is 0.958. The van der Waals surface area contributed by atoms with E-state index >= 15 is 0 Å². The summed E-state index contributed by atoms with van der Waals surface area (Å²) < 4.78 is 2.62. The van der Waals surface area contributed by atoms with Crippen molar-refractivity contribution in [1.82, 2.24) is 9.97 Å². The number of hydrogen-bond acceptors (Lipinski definition) is 3. The van der Waals surface area contributed by atoms with E-state index in [1.165, 1.54) is 52.5 Å². The van der Waals surface area contributed by atoms with Crippen molar-refractivity contribution < 1.29 is 0 Å². The van der Waals surface area contributed by atoms with Gasteiger partial charge in [-0.05, 0) is 80.8 Å². The lowest BCUT2D eigenvalue weighted by Crippen LogP contribution is -1.88.